The number of fused-ring (bicyclic) bond motifs is 8. The number of hydrogen-bond acceptors (Lipinski definition) is 3. The van der Waals surface area contributed by atoms with Crippen molar-refractivity contribution in [2.45, 2.75) is 0 Å². The number of aromatic nitrogens is 4. The summed E-state index contributed by atoms with van der Waals surface area (Å²) >= 11 is 0. The van der Waals surface area contributed by atoms with Gasteiger partial charge >= 0.3 is 0 Å². The average Bonchev–Trinajstić information content (AvgIpc) is 3.67. The second-order valence-corrected chi connectivity index (χ2v) is 16.0. The first kappa shape index (κ1) is 33.7. The summed E-state index contributed by atoms with van der Waals surface area (Å²) in [6, 6.07) is 73.9. The summed E-state index contributed by atoms with van der Waals surface area (Å²) in [6.45, 7) is 0. The van der Waals surface area contributed by atoms with E-state index < -0.39 is 0 Å². The number of benzene rings is 11. The quantitative estimate of drug-likeness (QED) is 0.164. The lowest BCUT2D eigenvalue weighted by Gasteiger charge is -2.14. The van der Waals surface area contributed by atoms with Crippen molar-refractivity contribution >= 4 is 75.7 Å². The highest BCUT2D eigenvalue weighted by Gasteiger charge is 2.23. The second-order valence-electron chi connectivity index (χ2n) is 16.0. The lowest BCUT2D eigenvalue weighted by atomic mass is 9.90. The van der Waals surface area contributed by atoms with Gasteiger partial charge in [-0.2, -0.15) is 0 Å². The van der Waals surface area contributed by atoms with Crippen LogP contribution in [0.25, 0.3) is 127 Å². The van der Waals surface area contributed by atoms with Gasteiger partial charge < -0.3 is 4.57 Å². The van der Waals surface area contributed by atoms with Gasteiger partial charge in [0.25, 0.3) is 0 Å². The SMILES string of the molecule is c1ccc(-c2ccc(-c3nc(-c4ccccc4)nc(-c4ccc5c(c4)c4cccc6c4c4c5c5ccccc5cc4n6-c4ccc5c(ccc6ccccc65)c4)n3)cc2)cc1. The maximum Gasteiger partial charge on any atom is 0.164 e. The van der Waals surface area contributed by atoms with E-state index in [-0.39, 0.29) is 0 Å². The zero-order valence-electron chi connectivity index (χ0n) is 32.9. The van der Waals surface area contributed by atoms with E-state index in [2.05, 4.69) is 187 Å². The average molecular weight is 775 g/mol. The van der Waals surface area contributed by atoms with Crippen molar-refractivity contribution in [2.75, 3.05) is 0 Å². The van der Waals surface area contributed by atoms with E-state index in [4.69, 9.17) is 15.0 Å². The Labute approximate surface area is 351 Å². The van der Waals surface area contributed by atoms with Crippen LogP contribution in [0.3, 0.4) is 0 Å². The molecule has 0 aliphatic heterocycles. The molecule has 0 saturated heterocycles. The molecule has 282 valence electrons. The van der Waals surface area contributed by atoms with Crippen molar-refractivity contribution in [3.05, 3.63) is 206 Å². The molecular formula is C57H34N4. The first-order chi connectivity index (χ1) is 30.2. The van der Waals surface area contributed by atoms with Gasteiger partial charge in [0, 0.05) is 38.5 Å². The summed E-state index contributed by atoms with van der Waals surface area (Å²) < 4.78 is 2.47. The van der Waals surface area contributed by atoms with Gasteiger partial charge in [-0.3, -0.25) is 0 Å². The molecule has 0 bridgehead atoms. The van der Waals surface area contributed by atoms with Crippen LogP contribution in [0.15, 0.2) is 206 Å². The van der Waals surface area contributed by atoms with Crippen LogP contribution in [0.4, 0.5) is 0 Å². The molecule has 4 nitrogen and oxygen atoms in total. The van der Waals surface area contributed by atoms with E-state index in [0.29, 0.717) is 17.5 Å². The van der Waals surface area contributed by atoms with Crippen molar-refractivity contribution in [3.8, 4) is 51.0 Å². The molecule has 13 aromatic rings. The van der Waals surface area contributed by atoms with Crippen LogP contribution in [-0.2, 0) is 0 Å². The van der Waals surface area contributed by atoms with Gasteiger partial charge in [0.2, 0.25) is 0 Å². The maximum absolute atomic E-state index is 5.19. The fraction of sp³-hybridized carbons (Fsp3) is 0. The molecule has 0 saturated carbocycles. The smallest absolute Gasteiger partial charge is 0.164 e. The maximum atomic E-state index is 5.19. The summed E-state index contributed by atoms with van der Waals surface area (Å²) in [5.41, 5.74) is 8.70. The molecule has 0 amide bonds. The molecule has 0 fully saturated rings. The van der Waals surface area contributed by atoms with Crippen LogP contribution in [0.1, 0.15) is 0 Å². The van der Waals surface area contributed by atoms with Crippen molar-refractivity contribution < 1.29 is 0 Å². The predicted octanol–water partition coefficient (Wildman–Crippen LogP) is 14.8. The van der Waals surface area contributed by atoms with Gasteiger partial charge in [-0.1, -0.05) is 176 Å². The van der Waals surface area contributed by atoms with Gasteiger partial charge in [-0.25, -0.2) is 15.0 Å². The summed E-state index contributed by atoms with van der Waals surface area (Å²) in [6.07, 6.45) is 0. The first-order valence-corrected chi connectivity index (χ1v) is 20.8. The Bertz CT molecular complexity index is 3850. The van der Waals surface area contributed by atoms with Crippen molar-refractivity contribution in [1.82, 2.24) is 19.5 Å². The van der Waals surface area contributed by atoms with E-state index in [0.717, 1.165) is 27.9 Å². The van der Waals surface area contributed by atoms with Crippen molar-refractivity contribution in [3.63, 3.8) is 0 Å². The highest BCUT2D eigenvalue weighted by Crippen LogP contribution is 2.47. The normalized spacial score (nSPS) is 11.9. The Balaban J connectivity index is 1.05. The number of hydrogen-bond donors (Lipinski definition) is 0. The molecule has 0 unspecified atom stereocenters. The van der Waals surface area contributed by atoms with Gasteiger partial charge in [0.05, 0.1) is 11.0 Å². The molecule has 0 aliphatic carbocycles. The standard InChI is InChI=1S/C57H34N4/c1-3-12-35(13-4-1)36-22-25-39(26-23-36)56-58-55(38-15-5-2-6-16-38)59-57(60-56)42-28-30-48-49(33-42)47-20-11-21-50-53(47)54-51(34-40-17-8-10-19-46(40)52(48)54)61(50)43-29-31-45-41(32-43)27-24-37-14-7-9-18-44(37)45/h1-34H. The van der Waals surface area contributed by atoms with Gasteiger partial charge in [-0.05, 0) is 89.9 Å². The highest BCUT2D eigenvalue weighted by atomic mass is 15.0. The van der Waals surface area contributed by atoms with E-state index in [1.54, 1.807) is 0 Å². The topological polar surface area (TPSA) is 43.6 Å². The monoisotopic (exact) mass is 774 g/mol. The largest absolute Gasteiger partial charge is 0.309 e. The first-order valence-electron chi connectivity index (χ1n) is 20.8. The van der Waals surface area contributed by atoms with Gasteiger partial charge in [0.1, 0.15) is 0 Å². The van der Waals surface area contributed by atoms with Crippen LogP contribution in [0.2, 0.25) is 0 Å². The van der Waals surface area contributed by atoms with E-state index in [9.17, 15) is 0 Å². The zero-order chi connectivity index (χ0) is 40.0. The third-order valence-electron chi connectivity index (χ3n) is 12.5. The number of rotatable bonds is 5. The summed E-state index contributed by atoms with van der Waals surface area (Å²) in [4.78, 5) is 15.4. The Morgan fingerprint density at radius 1 is 0.262 bits per heavy atom. The molecule has 4 heteroatoms. The van der Waals surface area contributed by atoms with Gasteiger partial charge in [-0.15, -0.1) is 0 Å². The molecule has 2 aromatic heterocycles. The fourth-order valence-electron chi connectivity index (χ4n) is 9.72. The molecule has 0 N–H and O–H groups in total. The minimum absolute atomic E-state index is 0.640. The highest BCUT2D eigenvalue weighted by molar-refractivity contribution is 6.39. The van der Waals surface area contributed by atoms with Crippen molar-refractivity contribution in [2.24, 2.45) is 0 Å². The lowest BCUT2D eigenvalue weighted by molar-refractivity contribution is 1.07. The minimum atomic E-state index is 0.640. The number of nitrogens with zero attached hydrogens (tertiary/aromatic N) is 4. The Hall–Kier alpha value is -8.21. The third-order valence-corrected chi connectivity index (χ3v) is 12.5. The van der Waals surface area contributed by atoms with Gasteiger partial charge in [0.15, 0.2) is 17.5 Å². The molecule has 0 radical (unpaired) electrons. The molecule has 11 aromatic carbocycles. The molecule has 0 atom stereocenters. The van der Waals surface area contributed by atoms with Crippen LogP contribution >= 0.6 is 0 Å². The molecular weight excluding hydrogens is 741 g/mol. The summed E-state index contributed by atoms with van der Waals surface area (Å²) in [5, 5.41) is 14.9. The van der Waals surface area contributed by atoms with Crippen LogP contribution in [-0.4, -0.2) is 19.5 Å². The second kappa shape index (κ2) is 13.2. The molecule has 2 heterocycles. The van der Waals surface area contributed by atoms with Crippen LogP contribution in [0, 0.1) is 0 Å². The van der Waals surface area contributed by atoms with Crippen LogP contribution < -0.4 is 0 Å². The minimum Gasteiger partial charge on any atom is -0.309 e. The predicted molar refractivity (Wildman–Crippen MR) is 255 cm³/mol. The molecule has 61 heavy (non-hydrogen) atoms. The Kier molecular flexibility index (Phi) is 7.27. The Morgan fingerprint density at radius 3 is 1.57 bits per heavy atom. The summed E-state index contributed by atoms with van der Waals surface area (Å²) in [7, 11) is 0. The van der Waals surface area contributed by atoms with E-state index >= 15 is 0 Å². The molecule has 0 spiro atoms. The fourth-order valence-corrected chi connectivity index (χ4v) is 9.72. The van der Waals surface area contributed by atoms with Crippen molar-refractivity contribution in [1.29, 1.82) is 0 Å². The zero-order valence-corrected chi connectivity index (χ0v) is 32.9. The molecule has 0 aliphatic rings. The van der Waals surface area contributed by atoms with E-state index in [1.807, 2.05) is 24.3 Å². The molecule has 13 rings (SSSR count). The van der Waals surface area contributed by atoms with Crippen LogP contribution in [0.5, 0.6) is 0 Å². The summed E-state index contributed by atoms with van der Waals surface area (Å²) in [5.74, 6) is 1.92. The lowest BCUT2D eigenvalue weighted by Crippen LogP contribution is -2.00. The van der Waals surface area contributed by atoms with E-state index in [1.165, 1.54) is 81.2 Å². The third kappa shape index (κ3) is 5.22. The Morgan fingerprint density at radius 2 is 0.787 bits per heavy atom.